The average molecular weight is 395 g/mol. The molecule has 1 aliphatic heterocycles. The maximum absolute atomic E-state index is 13.1. The molecule has 1 atom stereocenters. The van der Waals surface area contributed by atoms with Crippen LogP contribution in [0.5, 0.6) is 0 Å². The predicted octanol–water partition coefficient (Wildman–Crippen LogP) is 1.94. The molecule has 1 aromatic rings. The third-order valence-electron chi connectivity index (χ3n) is 3.64. The quantitative estimate of drug-likeness (QED) is 0.431. The van der Waals surface area contributed by atoms with E-state index < -0.39 is 17.5 Å². The Labute approximate surface area is 164 Å². The molecule has 0 saturated carbocycles. The van der Waals surface area contributed by atoms with Gasteiger partial charge in [0, 0.05) is 46.2 Å². The van der Waals surface area contributed by atoms with Gasteiger partial charge in [-0.25, -0.2) is 14.8 Å². The molecule has 8 nitrogen and oxygen atoms in total. The summed E-state index contributed by atoms with van der Waals surface area (Å²) in [7, 11) is 7.13. The first-order chi connectivity index (χ1) is 13.0. The second-order valence-corrected chi connectivity index (χ2v) is 6.70. The summed E-state index contributed by atoms with van der Waals surface area (Å²) < 4.78 is 14.9. The molecule has 0 aromatic carbocycles. The number of nitrogens with zero attached hydrogens (tertiary/aromatic N) is 5. The number of aliphatic imine (C=N–C) groups is 1. The van der Waals surface area contributed by atoms with E-state index in [0.29, 0.717) is 5.57 Å². The van der Waals surface area contributed by atoms with Gasteiger partial charge in [0.1, 0.15) is 11.3 Å². The van der Waals surface area contributed by atoms with E-state index >= 15 is 0 Å². The number of carbonyl (C=O) groups is 1. The number of hydrogen-bond donors (Lipinski definition) is 0. The van der Waals surface area contributed by atoms with Gasteiger partial charge in [-0.2, -0.15) is 0 Å². The minimum absolute atomic E-state index is 0.106. The van der Waals surface area contributed by atoms with E-state index in [4.69, 9.17) is 17.7 Å². The number of hydrogen-bond acceptors (Lipinski definition) is 6. The largest absolute Gasteiger partial charge is 0.462 e. The Bertz CT molecular complexity index is 932. The fourth-order valence-electron chi connectivity index (χ4n) is 2.48. The molecular formula is C18H24ClN5O3. The van der Waals surface area contributed by atoms with Crippen LogP contribution in [-0.4, -0.2) is 66.5 Å². The predicted molar refractivity (Wildman–Crippen MR) is 106 cm³/mol. The van der Waals surface area contributed by atoms with Crippen molar-refractivity contribution in [1.82, 2.24) is 19.4 Å². The van der Waals surface area contributed by atoms with Gasteiger partial charge in [0.2, 0.25) is 0 Å². The van der Waals surface area contributed by atoms with E-state index in [1.54, 1.807) is 51.1 Å². The standard InChI is InChI=1S/C18H24ClN5O3/c1-7-27-18(26)12-8-20-16-15(21-10-23(5)6)14(19)13(9-22(3)4)11(2)24(16)17(12)25/h8-11H,7H2,1-6H3/b13-9-,21-10?/i11D. The first kappa shape index (κ1) is 19.2. The monoisotopic (exact) mass is 394 g/mol. The minimum Gasteiger partial charge on any atom is -0.462 e. The Kier molecular flexibility index (Phi) is 5.95. The lowest BCUT2D eigenvalue weighted by molar-refractivity contribution is 0.0522. The van der Waals surface area contributed by atoms with Crippen molar-refractivity contribution in [3.63, 3.8) is 0 Å². The number of halogens is 1. The average Bonchev–Trinajstić information content (AvgIpc) is 2.58. The summed E-state index contributed by atoms with van der Waals surface area (Å²) in [6.07, 6.45) is 4.30. The zero-order chi connectivity index (χ0) is 21.2. The smallest absolute Gasteiger partial charge is 0.345 e. The number of fused-ring (bicyclic) bond motifs is 1. The molecule has 0 amide bonds. The molecule has 2 heterocycles. The van der Waals surface area contributed by atoms with Crippen molar-refractivity contribution < 1.29 is 10.9 Å². The number of ether oxygens (including phenoxy) is 1. The van der Waals surface area contributed by atoms with E-state index in [9.17, 15) is 9.59 Å². The molecule has 2 rings (SSSR count). The summed E-state index contributed by atoms with van der Waals surface area (Å²) in [5.74, 6) is -0.683. The molecule has 0 bridgehead atoms. The van der Waals surface area contributed by atoms with Gasteiger partial charge in [0.25, 0.3) is 5.56 Å². The van der Waals surface area contributed by atoms with Gasteiger partial charge in [-0.05, 0) is 13.8 Å². The van der Waals surface area contributed by atoms with Crippen molar-refractivity contribution in [3.05, 3.63) is 44.7 Å². The van der Waals surface area contributed by atoms with Crippen molar-refractivity contribution in [2.75, 3.05) is 34.8 Å². The lowest BCUT2D eigenvalue weighted by Crippen LogP contribution is -2.35. The molecule has 1 aromatic heterocycles. The fraction of sp³-hybridized carbons (Fsp3) is 0.444. The summed E-state index contributed by atoms with van der Waals surface area (Å²) in [4.78, 5) is 37.2. The normalized spacial score (nSPS) is 21.3. The Morgan fingerprint density at radius 2 is 2.11 bits per heavy atom. The molecule has 1 unspecified atom stereocenters. The van der Waals surface area contributed by atoms with Crippen LogP contribution in [0.1, 0.15) is 37.4 Å². The SMILES string of the molecule is [2H]C1(C)/C(=C/N(C)C)C(Cl)=C(N=CN(C)C)c2ncc(C(=O)OCC)c(=O)n21. The lowest BCUT2D eigenvalue weighted by Gasteiger charge is -2.28. The fourth-order valence-corrected chi connectivity index (χ4v) is 2.80. The molecule has 0 saturated heterocycles. The highest BCUT2D eigenvalue weighted by molar-refractivity contribution is 6.35. The topological polar surface area (TPSA) is 80.0 Å². The van der Waals surface area contributed by atoms with Gasteiger partial charge >= 0.3 is 5.97 Å². The second kappa shape index (κ2) is 8.39. The van der Waals surface area contributed by atoms with Crippen molar-refractivity contribution in [2.45, 2.75) is 19.9 Å². The molecule has 27 heavy (non-hydrogen) atoms. The van der Waals surface area contributed by atoms with Crippen LogP contribution >= 0.6 is 11.6 Å². The van der Waals surface area contributed by atoms with Crippen LogP contribution in [0, 0.1) is 0 Å². The van der Waals surface area contributed by atoms with Crippen LogP contribution in [0.4, 0.5) is 0 Å². The Morgan fingerprint density at radius 3 is 2.67 bits per heavy atom. The Morgan fingerprint density at radius 1 is 1.44 bits per heavy atom. The van der Waals surface area contributed by atoms with Gasteiger partial charge in [-0.3, -0.25) is 9.36 Å². The number of carbonyl (C=O) groups excluding carboxylic acids is 1. The van der Waals surface area contributed by atoms with E-state index in [1.807, 2.05) is 0 Å². The molecule has 1 aliphatic rings. The second-order valence-electron chi connectivity index (χ2n) is 6.32. The molecule has 0 radical (unpaired) electrons. The van der Waals surface area contributed by atoms with Crippen molar-refractivity contribution in [2.24, 2.45) is 4.99 Å². The lowest BCUT2D eigenvalue weighted by atomic mass is 10.0. The molecule has 0 fully saturated rings. The highest BCUT2D eigenvalue weighted by Crippen LogP contribution is 2.38. The first-order valence-corrected chi connectivity index (χ1v) is 8.69. The highest BCUT2D eigenvalue weighted by Gasteiger charge is 2.31. The number of esters is 1. The molecular weight excluding hydrogens is 370 g/mol. The van der Waals surface area contributed by atoms with E-state index in [0.717, 1.165) is 10.8 Å². The van der Waals surface area contributed by atoms with Crippen molar-refractivity contribution in [1.29, 1.82) is 0 Å². The van der Waals surface area contributed by atoms with Crippen LogP contribution in [0.2, 0.25) is 0 Å². The third kappa shape index (κ3) is 4.21. The number of rotatable bonds is 5. The highest BCUT2D eigenvalue weighted by atomic mass is 35.5. The van der Waals surface area contributed by atoms with Gasteiger partial charge in [0.15, 0.2) is 5.82 Å². The van der Waals surface area contributed by atoms with Crippen molar-refractivity contribution in [3.8, 4) is 0 Å². The molecule has 0 spiro atoms. The maximum atomic E-state index is 13.1. The minimum atomic E-state index is -1.61. The molecule has 146 valence electrons. The van der Waals surface area contributed by atoms with Gasteiger partial charge in [-0.15, -0.1) is 0 Å². The van der Waals surface area contributed by atoms with Gasteiger partial charge in [-0.1, -0.05) is 11.6 Å². The number of allylic oxidation sites excluding steroid dienone is 2. The summed E-state index contributed by atoms with van der Waals surface area (Å²) in [6, 6.07) is -1.61. The van der Waals surface area contributed by atoms with Crippen LogP contribution in [-0.2, 0) is 4.74 Å². The van der Waals surface area contributed by atoms with Gasteiger partial charge in [0.05, 0.1) is 25.4 Å². The van der Waals surface area contributed by atoms with Gasteiger partial charge < -0.3 is 14.5 Å². The summed E-state index contributed by atoms with van der Waals surface area (Å²) in [5, 5.41) is 0.208. The van der Waals surface area contributed by atoms with E-state index in [-0.39, 0.29) is 28.7 Å². The van der Waals surface area contributed by atoms with E-state index in [1.165, 1.54) is 13.3 Å². The molecule has 0 aliphatic carbocycles. The zero-order valence-corrected chi connectivity index (χ0v) is 17.0. The summed E-state index contributed by atoms with van der Waals surface area (Å²) >= 11 is 6.58. The van der Waals surface area contributed by atoms with Crippen molar-refractivity contribution >= 4 is 29.6 Å². The van der Waals surface area contributed by atoms with E-state index in [2.05, 4.69) is 9.98 Å². The Balaban J connectivity index is 2.87. The number of aromatic nitrogens is 2. The first-order valence-electron chi connectivity index (χ1n) is 8.81. The summed E-state index contributed by atoms with van der Waals surface area (Å²) in [6.45, 7) is 3.27. The zero-order valence-electron chi connectivity index (χ0n) is 17.3. The Hall–Kier alpha value is -2.61. The summed E-state index contributed by atoms with van der Waals surface area (Å²) in [5.41, 5.74) is -0.349. The molecule has 9 heteroatoms. The van der Waals surface area contributed by atoms with Crippen LogP contribution in [0.3, 0.4) is 0 Å². The third-order valence-corrected chi connectivity index (χ3v) is 4.03. The van der Waals surface area contributed by atoms with Crippen LogP contribution < -0.4 is 5.56 Å². The van der Waals surface area contributed by atoms with Crippen LogP contribution in [0.15, 0.2) is 32.8 Å². The maximum Gasteiger partial charge on any atom is 0.345 e. The molecule has 0 N–H and O–H groups in total. The van der Waals surface area contributed by atoms with Crippen LogP contribution in [0.25, 0.3) is 5.70 Å².